The van der Waals surface area contributed by atoms with Gasteiger partial charge >= 0.3 is 0 Å². The molecule has 1 aliphatic rings. The smallest absolute Gasteiger partial charge is 0.231 e. The summed E-state index contributed by atoms with van der Waals surface area (Å²) in [6.07, 6.45) is 3.57. The average molecular weight is 243 g/mol. The SMILES string of the molecule is Cc1cnc(NCc2ccc3c(c2)OCO3)nc1. The van der Waals surface area contributed by atoms with Gasteiger partial charge in [-0.2, -0.15) is 0 Å². The molecule has 2 heterocycles. The van der Waals surface area contributed by atoms with Crippen LogP contribution in [-0.2, 0) is 6.54 Å². The van der Waals surface area contributed by atoms with Crippen LogP contribution in [0.2, 0.25) is 0 Å². The predicted octanol–water partition coefficient (Wildman–Crippen LogP) is 2.13. The molecule has 0 radical (unpaired) electrons. The minimum atomic E-state index is 0.299. The van der Waals surface area contributed by atoms with Crippen molar-refractivity contribution in [1.29, 1.82) is 0 Å². The molecule has 0 atom stereocenters. The van der Waals surface area contributed by atoms with E-state index in [0.29, 0.717) is 19.3 Å². The summed E-state index contributed by atoms with van der Waals surface area (Å²) >= 11 is 0. The number of rotatable bonds is 3. The minimum absolute atomic E-state index is 0.299. The van der Waals surface area contributed by atoms with Crippen molar-refractivity contribution in [3.63, 3.8) is 0 Å². The third-order valence-corrected chi connectivity index (χ3v) is 2.67. The molecular weight excluding hydrogens is 230 g/mol. The first-order valence-electron chi connectivity index (χ1n) is 5.72. The third kappa shape index (κ3) is 2.20. The van der Waals surface area contributed by atoms with E-state index in [4.69, 9.17) is 9.47 Å². The number of nitrogens with one attached hydrogen (secondary N) is 1. The normalized spacial score (nSPS) is 12.5. The number of fused-ring (bicyclic) bond motifs is 1. The van der Waals surface area contributed by atoms with Gasteiger partial charge in [0.05, 0.1) is 0 Å². The number of anilines is 1. The maximum Gasteiger partial charge on any atom is 0.231 e. The zero-order valence-corrected chi connectivity index (χ0v) is 10.0. The first kappa shape index (κ1) is 10.8. The largest absolute Gasteiger partial charge is 0.454 e. The Morgan fingerprint density at radius 1 is 1.17 bits per heavy atom. The molecule has 1 aromatic carbocycles. The molecule has 5 nitrogen and oxygen atoms in total. The lowest BCUT2D eigenvalue weighted by Gasteiger charge is -2.05. The summed E-state index contributed by atoms with van der Waals surface area (Å²) in [5, 5.41) is 3.16. The third-order valence-electron chi connectivity index (χ3n) is 2.67. The highest BCUT2D eigenvalue weighted by molar-refractivity contribution is 5.45. The highest BCUT2D eigenvalue weighted by Crippen LogP contribution is 2.32. The second-order valence-corrected chi connectivity index (χ2v) is 4.13. The second kappa shape index (κ2) is 4.52. The number of nitrogens with zero attached hydrogens (tertiary/aromatic N) is 2. The predicted molar refractivity (Wildman–Crippen MR) is 66.7 cm³/mol. The molecule has 18 heavy (non-hydrogen) atoms. The van der Waals surface area contributed by atoms with Crippen LogP contribution in [0, 0.1) is 6.92 Å². The minimum Gasteiger partial charge on any atom is -0.454 e. The van der Waals surface area contributed by atoms with Crippen LogP contribution in [0.5, 0.6) is 11.5 Å². The lowest BCUT2D eigenvalue weighted by Crippen LogP contribution is -2.03. The molecule has 1 N–H and O–H groups in total. The summed E-state index contributed by atoms with van der Waals surface area (Å²) in [4.78, 5) is 8.38. The molecule has 0 bridgehead atoms. The molecule has 0 saturated heterocycles. The van der Waals surface area contributed by atoms with Crippen LogP contribution < -0.4 is 14.8 Å². The summed E-state index contributed by atoms with van der Waals surface area (Å²) in [6, 6.07) is 5.87. The van der Waals surface area contributed by atoms with E-state index in [0.717, 1.165) is 22.6 Å². The average Bonchev–Trinajstić information content (AvgIpc) is 2.85. The molecule has 2 aromatic rings. The fourth-order valence-corrected chi connectivity index (χ4v) is 1.72. The lowest BCUT2D eigenvalue weighted by molar-refractivity contribution is 0.174. The van der Waals surface area contributed by atoms with E-state index in [-0.39, 0.29) is 0 Å². The number of hydrogen-bond donors (Lipinski definition) is 1. The first-order valence-corrected chi connectivity index (χ1v) is 5.72. The van der Waals surface area contributed by atoms with Crippen LogP contribution in [0.25, 0.3) is 0 Å². The number of ether oxygens (including phenoxy) is 2. The van der Waals surface area contributed by atoms with Crippen LogP contribution in [0.4, 0.5) is 5.95 Å². The van der Waals surface area contributed by atoms with Gasteiger partial charge in [-0.3, -0.25) is 0 Å². The Labute approximate surface area is 105 Å². The second-order valence-electron chi connectivity index (χ2n) is 4.13. The van der Waals surface area contributed by atoms with E-state index < -0.39 is 0 Å². The molecule has 0 amide bonds. The van der Waals surface area contributed by atoms with E-state index >= 15 is 0 Å². The summed E-state index contributed by atoms with van der Waals surface area (Å²) in [7, 11) is 0. The zero-order valence-electron chi connectivity index (χ0n) is 10.0. The van der Waals surface area contributed by atoms with Crippen molar-refractivity contribution in [2.24, 2.45) is 0 Å². The first-order chi connectivity index (χ1) is 8.81. The number of aromatic nitrogens is 2. The monoisotopic (exact) mass is 243 g/mol. The Kier molecular flexibility index (Phi) is 2.72. The van der Waals surface area contributed by atoms with E-state index in [1.54, 1.807) is 12.4 Å². The molecule has 0 saturated carbocycles. The highest BCUT2D eigenvalue weighted by atomic mass is 16.7. The van der Waals surface area contributed by atoms with Gasteiger partial charge in [0.1, 0.15) is 0 Å². The van der Waals surface area contributed by atoms with Crippen molar-refractivity contribution >= 4 is 5.95 Å². The van der Waals surface area contributed by atoms with Crippen LogP contribution >= 0.6 is 0 Å². The molecule has 5 heteroatoms. The number of hydrogen-bond acceptors (Lipinski definition) is 5. The molecule has 92 valence electrons. The maximum absolute atomic E-state index is 5.33. The topological polar surface area (TPSA) is 56.3 Å². The van der Waals surface area contributed by atoms with Gasteiger partial charge in [-0.1, -0.05) is 6.07 Å². The molecule has 0 aliphatic carbocycles. The molecule has 0 spiro atoms. The Balaban J connectivity index is 1.68. The van der Waals surface area contributed by atoms with Gasteiger partial charge in [-0.05, 0) is 30.2 Å². The standard InChI is InChI=1S/C13H13N3O2/c1-9-5-14-13(15-6-9)16-7-10-2-3-11-12(4-10)18-8-17-11/h2-6H,7-8H2,1H3,(H,14,15,16). The van der Waals surface area contributed by atoms with Crippen molar-refractivity contribution in [3.05, 3.63) is 41.7 Å². The Morgan fingerprint density at radius 2 is 1.94 bits per heavy atom. The highest BCUT2D eigenvalue weighted by Gasteiger charge is 2.12. The van der Waals surface area contributed by atoms with Gasteiger partial charge in [0.2, 0.25) is 12.7 Å². The molecule has 1 aromatic heterocycles. The molecule has 0 unspecified atom stereocenters. The quantitative estimate of drug-likeness (QED) is 0.894. The fourth-order valence-electron chi connectivity index (χ4n) is 1.72. The van der Waals surface area contributed by atoms with Crippen LogP contribution in [-0.4, -0.2) is 16.8 Å². The van der Waals surface area contributed by atoms with Gasteiger partial charge in [0.15, 0.2) is 11.5 Å². The van der Waals surface area contributed by atoms with Gasteiger partial charge in [0, 0.05) is 18.9 Å². The summed E-state index contributed by atoms with van der Waals surface area (Å²) < 4.78 is 10.6. The molecule has 0 fully saturated rings. The summed E-state index contributed by atoms with van der Waals surface area (Å²) in [5.74, 6) is 2.21. The van der Waals surface area contributed by atoms with Gasteiger partial charge in [-0.25, -0.2) is 9.97 Å². The van der Waals surface area contributed by atoms with Crippen molar-refractivity contribution in [2.45, 2.75) is 13.5 Å². The fraction of sp³-hybridized carbons (Fsp3) is 0.231. The summed E-state index contributed by atoms with van der Waals surface area (Å²) in [6.45, 7) is 2.91. The molecule has 3 rings (SSSR count). The maximum atomic E-state index is 5.33. The van der Waals surface area contributed by atoms with E-state index in [1.807, 2.05) is 25.1 Å². The van der Waals surface area contributed by atoms with Crippen molar-refractivity contribution in [1.82, 2.24) is 9.97 Å². The van der Waals surface area contributed by atoms with Gasteiger partial charge < -0.3 is 14.8 Å². The van der Waals surface area contributed by atoms with Gasteiger partial charge in [0.25, 0.3) is 0 Å². The summed E-state index contributed by atoms with van der Waals surface area (Å²) in [5.41, 5.74) is 2.15. The Morgan fingerprint density at radius 3 is 2.78 bits per heavy atom. The molecular formula is C13H13N3O2. The van der Waals surface area contributed by atoms with Crippen molar-refractivity contribution in [2.75, 3.05) is 12.1 Å². The Hall–Kier alpha value is -2.30. The Bertz CT molecular complexity index is 555. The zero-order chi connectivity index (χ0) is 12.4. The lowest BCUT2D eigenvalue weighted by atomic mass is 10.2. The van der Waals surface area contributed by atoms with E-state index in [2.05, 4.69) is 15.3 Å². The number of aryl methyl sites for hydroxylation is 1. The van der Waals surface area contributed by atoms with E-state index in [9.17, 15) is 0 Å². The van der Waals surface area contributed by atoms with Crippen molar-refractivity contribution < 1.29 is 9.47 Å². The molecule has 1 aliphatic heterocycles. The number of benzene rings is 1. The van der Waals surface area contributed by atoms with Gasteiger partial charge in [-0.15, -0.1) is 0 Å². The van der Waals surface area contributed by atoms with E-state index in [1.165, 1.54) is 0 Å². The van der Waals surface area contributed by atoms with Crippen LogP contribution in [0.3, 0.4) is 0 Å². The van der Waals surface area contributed by atoms with Crippen LogP contribution in [0.1, 0.15) is 11.1 Å². The van der Waals surface area contributed by atoms with Crippen molar-refractivity contribution in [3.8, 4) is 11.5 Å². The van der Waals surface area contributed by atoms with Crippen LogP contribution in [0.15, 0.2) is 30.6 Å².